The van der Waals surface area contributed by atoms with Crippen LogP contribution in [0, 0.1) is 11.8 Å². The summed E-state index contributed by atoms with van der Waals surface area (Å²) in [5, 5.41) is 7.74. The van der Waals surface area contributed by atoms with E-state index < -0.39 is 47.7 Å². The lowest BCUT2D eigenvalue weighted by atomic mass is 9.91. The van der Waals surface area contributed by atoms with Gasteiger partial charge in [0.15, 0.2) is 0 Å². The van der Waals surface area contributed by atoms with Gasteiger partial charge >= 0.3 is 12.1 Å². The van der Waals surface area contributed by atoms with Crippen LogP contribution in [0.2, 0.25) is 0 Å². The number of piperidine rings is 1. The molecule has 9 nitrogen and oxygen atoms in total. The maximum Gasteiger partial charge on any atom is 0.431 e. The number of hydrogen-bond acceptors (Lipinski definition) is 5. The number of ether oxygens (including phenoxy) is 1. The Morgan fingerprint density at radius 3 is 2.42 bits per heavy atom. The largest absolute Gasteiger partial charge is 0.467 e. The summed E-state index contributed by atoms with van der Waals surface area (Å²) >= 11 is 0. The van der Waals surface area contributed by atoms with Crippen LogP contribution < -0.4 is 16.0 Å². The first kappa shape index (κ1) is 24.6. The molecule has 4 N–H and O–H groups in total. The number of esters is 1. The molecule has 1 aliphatic heterocycles. The SMILES string of the molecule is COC(=O)C(C[C@@H]1CCCNC1=O)NC(=O)C(CC1CC1)NC(=O)c1ccc(C(F)(F)F)[nH]1. The van der Waals surface area contributed by atoms with Crippen LogP contribution in [0.25, 0.3) is 0 Å². The molecule has 2 unspecified atom stereocenters. The molecule has 2 aliphatic rings. The van der Waals surface area contributed by atoms with E-state index in [2.05, 4.69) is 16.0 Å². The standard InChI is InChI=1S/C21H27F3N4O5/c1-33-20(32)15(10-12-3-2-8-25-17(12)29)28-19(31)14(9-11-4-5-11)27-18(30)13-6-7-16(26-13)21(22,23)24/h6-7,11-12,14-15,26H,2-5,8-10H2,1H3,(H,25,29)(H,27,30)(H,28,31)/t12-,14?,15?/m0/s1. The van der Waals surface area contributed by atoms with Gasteiger partial charge in [0.25, 0.3) is 5.91 Å². The molecule has 33 heavy (non-hydrogen) atoms. The Kier molecular flexibility index (Phi) is 7.65. The average Bonchev–Trinajstić information content (AvgIpc) is 3.43. The lowest BCUT2D eigenvalue weighted by molar-refractivity contribution is -0.146. The second-order valence-corrected chi connectivity index (χ2v) is 8.44. The predicted molar refractivity (Wildman–Crippen MR) is 109 cm³/mol. The third-order valence-electron chi connectivity index (χ3n) is 5.85. The first-order valence-corrected chi connectivity index (χ1v) is 10.8. The van der Waals surface area contributed by atoms with Crippen molar-refractivity contribution in [3.05, 3.63) is 23.5 Å². The molecule has 2 heterocycles. The van der Waals surface area contributed by atoms with E-state index >= 15 is 0 Å². The van der Waals surface area contributed by atoms with E-state index in [9.17, 15) is 32.3 Å². The first-order chi connectivity index (χ1) is 15.6. The van der Waals surface area contributed by atoms with E-state index in [-0.39, 0.29) is 30.4 Å². The molecular formula is C21H27F3N4O5. The molecule has 182 valence electrons. The highest BCUT2D eigenvalue weighted by atomic mass is 19.4. The molecule has 12 heteroatoms. The van der Waals surface area contributed by atoms with Crippen molar-refractivity contribution in [3.63, 3.8) is 0 Å². The number of rotatable bonds is 9. The van der Waals surface area contributed by atoms with Gasteiger partial charge in [0, 0.05) is 12.5 Å². The van der Waals surface area contributed by atoms with Crippen LogP contribution in [-0.2, 0) is 25.3 Å². The molecule has 1 saturated carbocycles. The number of methoxy groups -OCH3 is 1. The first-order valence-electron chi connectivity index (χ1n) is 10.8. The molecule has 0 aromatic carbocycles. The molecule has 0 bridgehead atoms. The number of aromatic amines is 1. The Morgan fingerprint density at radius 2 is 1.85 bits per heavy atom. The summed E-state index contributed by atoms with van der Waals surface area (Å²) in [5.41, 5.74) is -1.41. The third kappa shape index (κ3) is 6.72. The lowest BCUT2D eigenvalue weighted by Gasteiger charge is -2.27. The molecule has 1 saturated heterocycles. The van der Waals surface area contributed by atoms with Gasteiger partial charge in [-0.2, -0.15) is 13.2 Å². The Balaban J connectivity index is 1.68. The predicted octanol–water partition coefficient (Wildman–Crippen LogP) is 1.51. The van der Waals surface area contributed by atoms with Crippen LogP contribution in [0.15, 0.2) is 12.1 Å². The zero-order chi connectivity index (χ0) is 24.2. The molecule has 3 amide bonds. The molecule has 1 aliphatic carbocycles. The van der Waals surface area contributed by atoms with Crippen molar-refractivity contribution in [2.24, 2.45) is 11.8 Å². The van der Waals surface area contributed by atoms with Crippen LogP contribution in [0.4, 0.5) is 13.2 Å². The zero-order valence-electron chi connectivity index (χ0n) is 18.1. The summed E-state index contributed by atoms with van der Waals surface area (Å²) in [4.78, 5) is 51.8. The monoisotopic (exact) mass is 472 g/mol. The summed E-state index contributed by atoms with van der Waals surface area (Å²) in [7, 11) is 1.16. The van der Waals surface area contributed by atoms with Crippen molar-refractivity contribution < 1.29 is 37.1 Å². The molecule has 1 aromatic rings. The number of amides is 3. The summed E-state index contributed by atoms with van der Waals surface area (Å²) in [6.45, 7) is 0.550. The third-order valence-corrected chi connectivity index (χ3v) is 5.85. The highest BCUT2D eigenvalue weighted by Crippen LogP contribution is 2.34. The fraction of sp³-hybridized carbons (Fsp3) is 0.619. The minimum atomic E-state index is -4.64. The van der Waals surface area contributed by atoms with Gasteiger partial charge in [0.2, 0.25) is 11.8 Å². The van der Waals surface area contributed by atoms with Gasteiger partial charge in [0.05, 0.1) is 7.11 Å². The van der Waals surface area contributed by atoms with Gasteiger partial charge in [-0.15, -0.1) is 0 Å². The van der Waals surface area contributed by atoms with E-state index in [1.54, 1.807) is 0 Å². The van der Waals surface area contributed by atoms with Crippen molar-refractivity contribution in [2.75, 3.05) is 13.7 Å². The van der Waals surface area contributed by atoms with Crippen LogP contribution in [0.5, 0.6) is 0 Å². The Morgan fingerprint density at radius 1 is 1.12 bits per heavy atom. The van der Waals surface area contributed by atoms with Crippen molar-refractivity contribution in [1.82, 2.24) is 20.9 Å². The van der Waals surface area contributed by atoms with E-state index in [4.69, 9.17) is 4.74 Å². The van der Waals surface area contributed by atoms with E-state index in [0.29, 0.717) is 13.0 Å². The molecule has 1 aromatic heterocycles. The van der Waals surface area contributed by atoms with Crippen molar-refractivity contribution in [1.29, 1.82) is 0 Å². The number of nitrogens with one attached hydrogen (secondary N) is 4. The summed E-state index contributed by atoms with van der Waals surface area (Å²) in [5.74, 6) is -2.75. The molecule has 0 spiro atoms. The van der Waals surface area contributed by atoms with Gasteiger partial charge in [-0.05, 0) is 43.7 Å². The minimum absolute atomic E-state index is 0.0416. The molecule has 0 radical (unpaired) electrons. The minimum Gasteiger partial charge on any atom is -0.467 e. The molecule has 3 atom stereocenters. The van der Waals surface area contributed by atoms with Gasteiger partial charge < -0.3 is 25.7 Å². The number of alkyl halides is 3. The average molecular weight is 472 g/mol. The van der Waals surface area contributed by atoms with Crippen LogP contribution in [0.1, 0.15) is 54.7 Å². The van der Waals surface area contributed by atoms with Crippen LogP contribution in [0.3, 0.4) is 0 Å². The Labute approximate surface area is 188 Å². The second kappa shape index (κ2) is 10.3. The van der Waals surface area contributed by atoms with Crippen molar-refractivity contribution in [2.45, 2.75) is 56.8 Å². The summed E-state index contributed by atoms with van der Waals surface area (Å²) < 4.78 is 43.2. The maximum atomic E-state index is 13.0. The highest BCUT2D eigenvalue weighted by Gasteiger charge is 2.36. The number of halogens is 3. The fourth-order valence-electron chi connectivity index (χ4n) is 3.82. The van der Waals surface area contributed by atoms with Crippen LogP contribution in [-0.4, -0.2) is 54.4 Å². The quantitative estimate of drug-likeness (QED) is 0.405. The second-order valence-electron chi connectivity index (χ2n) is 8.44. The van der Waals surface area contributed by atoms with Crippen molar-refractivity contribution >= 4 is 23.7 Å². The van der Waals surface area contributed by atoms with Crippen LogP contribution >= 0.6 is 0 Å². The van der Waals surface area contributed by atoms with E-state index in [1.807, 2.05) is 4.98 Å². The summed E-state index contributed by atoms with van der Waals surface area (Å²) in [6, 6.07) is -0.427. The number of hydrogen-bond donors (Lipinski definition) is 4. The number of aromatic nitrogens is 1. The van der Waals surface area contributed by atoms with Gasteiger partial charge in [0.1, 0.15) is 23.5 Å². The number of carbonyl (C=O) groups excluding carboxylic acids is 4. The molecular weight excluding hydrogens is 445 g/mol. The van der Waals surface area contributed by atoms with Gasteiger partial charge in [-0.3, -0.25) is 14.4 Å². The lowest BCUT2D eigenvalue weighted by Crippen LogP contribution is -2.53. The summed E-state index contributed by atoms with van der Waals surface area (Å²) in [6.07, 6.45) is -1.28. The number of carbonyl (C=O) groups is 4. The Bertz CT molecular complexity index is 897. The molecule has 2 fully saturated rings. The van der Waals surface area contributed by atoms with E-state index in [0.717, 1.165) is 38.5 Å². The Hall–Kier alpha value is -3.05. The normalized spacial score (nSPS) is 20.4. The van der Waals surface area contributed by atoms with E-state index in [1.165, 1.54) is 0 Å². The fourth-order valence-corrected chi connectivity index (χ4v) is 3.82. The number of H-pyrrole nitrogens is 1. The maximum absolute atomic E-state index is 13.0. The zero-order valence-corrected chi connectivity index (χ0v) is 18.1. The highest BCUT2D eigenvalue weighted by molar-refractivity contribution is 5.97. The van der Waals surface area contributed by atoms with Gasteiger partial charge in [-0.25, -0.2) is 4.79 Å². The van der Waals surface area contributed by atoms with Gasteiger partial charge in [-0.1, -0.05) is 12.8 Å². The molecule has 3 rings (SSSR count). The van der Waals surface area contributed by atoms with Crippen molar-refractivity contribution in [3.8, 4) is 0 Å². The topological polar surface area (TPSA) is 129 Å². The smallest absolute Gasteiger partial charge is 0.431 e.